The van der Waals surface area contributed by atoms with E-state index in [0.29, 0.717) is 16.7 Å². The summed E-state index contributed by atoms with van der Waals surface area (Å²) in [5, 5.41) is 0. The molecule has 1 aromatic rings. The first-order chi connectivity index (χ1) is 6.86. The van der Waals surface area contributed by atoms with Gasteiger partial charge in [0.25, 0.3) is 0 Å². The second-order valence-electron chi connectivity index (χ2n) is 3.59. The van der Waals surface area contributed by atoms with Gasteiger partial charge in [-0.25, -0.2) is 0 Å². The van der Waals surface area contributed by atoms with E-state index < -0.39 is 11.8 Å². The lowest BCUT2D eigenvalue weighted by molar-refractivity contribution is 0.0998. The maximum absolute atomic E-state index is 11.2. The van der Waals surface area contributed by atoms with Crippen LogP contribution in [0.5, 0.6) is 0 Å². The molecule has 0 aromatic heterocycles. The van der Waals surface area contributed by atoms with Crippen LogP contribution in [-0.2, 0) is 0 Å². The highest BCUT2D eigenvalue weighted by atomic mass is 16.1. The van der Waals surface area contributed by atoms with Gasteiger partial charge in [0.2, 0.25) is 11.8 Å². The van der Waals surface area contributed by atoms with Crippen molar-refractivity contribution in [1.82, 2.24) is 0 Å². The van der Waals surface area contributed by atoms with Crippen LogP contribution in [0, 0.1) is 20.8 Å². The number of carbonyl (C=O) groups excluding carboxylic acids is 2. The molecule has 0 radical (unpaired) electrons. The molecule has 0 fully saturated rings. The molecule has 1 aromatic carbocycles. The largest absolute Gasteiger partial charge is 0.366 e. The molecule has 0 saturated heterocycles. The number of carbonyl (C=O) groups is 2. The highest BCUT2D eigenvalue weighted by Crippen LogP contribution is 2.21. The van der Waals surface area contributed by atoms with Gasteiger partial charge in [0.1, 0.15) is 0 Å². The molecule has 4 heteroatoms. The smallest absolute Gasteiger partial charge is 0.249 e. The van der Waals surface area contributed by atoms with Gasteiger partial charge >= 0.3 is 0 Å². The number of hydrogen-bond donors (Lipinski definition) is 2. The molecule has 0 aliphatic rings. The Bertz CT molecular complexity index is 450. The second-order valence-corrected chi connectivity index (χ2v) is 3.59. The molecule has 0 atom stereocenters. The minimum absolute atomic E-state index is 0.354. The van der Waals surface area contributed by atoms with E-state index in [0.717, 1.165) is 11.1 Å². The molecule has 0 spiro atoms. The van der Waals surface area contributed by atoms with Crippen molar-refractivity contribution in [2.75, 3.05) is 0 Å². The number of hydrogen-bond acceptors (Lipinski definition) is 2. The summed E-state index contributed by atoms with van der Waals surface area (Å²) in [6.45, 7) is 5.29. The number of benzene rings is 1. The third-order valence-electron chi connectivity index (χ3n) is 2.62. The van der Waals surface area contributed by atoms with Crippen LogP contribution in [0.3, 0.4) is 0 Å². The summed E-state index contributed by atoms with van der Waals surface area (Å²) in [6.07, 6.45) is 0. The highest BCUT2D eigenvalue weighted by Gasteiger charge is 2.16. The number of nitrogens with two attached hydrogens (primary N) is 2. The Kier molecular flexibility index (Phi) is 2.79. The Morgan fingerprint density at radius 1 is 1.00 bits per heavy atom. The van der Waals surface area contributed by atoms with Crippen molar-refractivity contribution in [2.45, 2.75) is 20.8 Å². The molecule has 0 saturated carbocycles. The molecule has 4 N–H and O–H groups in total. The number of rotatable bonds is 2. The van der Waals surface area contributed by atoms with Crippen molar-refractivity contribution in [3.63, 3.8) is 0 Å². The van der Waals surface area contributed by atoms with E-state index in [-0.39, 0.29) is 0 Å². The van der Waals surface area contributed by atoms with E-state index in [4.69, 9.17) is 11.5 Å². The van der Waals surface area contributed by atoms with Crippen molar-refractivity contribution in [3.05, 3.63) is 33.9 Å². The van der Waals surface area contributed by atoms with Crippen molar-refractivity contribution in [1.29, 1.82) is 0 Å². The first kappa shape index (κ1) is 11.2. The highest BCUT2D eigenvalue weighted by molar-refractivity contribution is 6.02. The lowest BCUT2D eigenvalue weighted by Crippen LogP contribution is -2.20. The standard InChI is InChI=1S/C11H14N2O2/c1-5-4-8(10(12)14)7(3)9(6(5)2)11(13)15/h4H,1-3H3,(H2,12,14)(H2,13,15). The average Bonchev–Trinajstić information content (AvgIpc) is 2.10. The van der Waals surface area contributed by atoms with E-state index in [1.807, 2.05) is 6.92 Å². The van der Waals surface area contributed by atoms with Gasteiger partial charge in [0.15, 0.2) is 0 Å². The van der Waals surface area contributed by atoms with Crippen molar-refractivity contribution in [3.8, 4) is 0 Å². The van der Waals surface area contributed by atoms with Gasteiger partial charge in [-0.05, 0) is 43.5 Å². The first-order valence-corrected chi connectivity index (χ1v) is 4.56. The molecule has 0 heterocycles. The second kappa shape index (κ2) is 3.73. The lowest BCUT2D eigenvalue weighted by atomic mass is 9.93. The number of amides is 2. The van der Waals surface area contributed by atoms with E-state index in [1.54, 1.807) is 19.9 Å². The van der Waals surface area contributed by atoms with Crippen LogP contribution < -0.4 is 11.5 Å². The van der Waals surface area contributed by atoms with Crippen LogP contribution in [-0.4, -0.2) is 11.8 Å². The third-order valence-corrected chi connectivity index (χ3v) is 2.62. The SMILES string of the molecule is Cc1cc(C(N)=O)c(C)c(C(N)=O)c1C. The molecule has 80 valence electrons. The third kappa shape index (κ3) is 1.83. The molecule has 4 nitrogen and oxygen atoms in total. The van der Waals surface area contributed by atoms with Crippen LogP contribution in [0.4, 0.5) is 0 Å². The van der Waals surface area contributed by atoms with Crippen LogP contribution in [0.1, 0.15) is 37.4 Å². The van der Waals surface area contributed by atoms with Gasteiger partial charge in [-0.15, -0.1) is 0 Å². The quantitative estimate of drug-likeness (QED) is 0.750. The maximum atomic E-state index is 11.2. The minimum atomic E-state index is -0.543. The summed E-state index contributed by atoms with van der Waals surface area (Å²) in [7, 11) is 0. The molecule has 0 aliphatic heterocycles. The zero-order chi connectivity index (χ0) is 11.7. The van der Waals surface area contributed by atoms with E-state index in [2.05, 4.69) is 0 Å². The Labute approximate surface area is 88.3 Å². The van der Waals surface area contributed by atoms with Gasteiger partial charge < -0.3 is 11.5 Å². The molecule has 0 unspecified atom stereocenters. The van der Waals surface area contributed by atoms with Gasteiger partial charge in [0.05, 0.1) is 0 Å². The molecular formula is C11H14N2O2. The average molecular weight is 206 g/mol. The fourth-order valence-electron chi connectivity index (χ4n) is 1.67. The fraction of sp³-hybridized carbons (Fsp3) is 0.273. The molecule has 1 rings (SSSR count). The van der Waals surface area contributed by atoms with E-state index in [9.17, 15) is 9.59 Å². The zero-order valence-electron chi connectivity index (χ0n) is 9.05. The molecule has 0 aliphatic carbocycles. The Hall–Kier alpha value is -1.84. The Morgan fingerprint density at radius 3 is 1.93 bits per heavy atom. The van der Waals surface area contributed by atoms with E-state index >= 15 is 0 Å². The van der Waals surface area contributed by atoms with Crippen LogP contribution in [0.25, 0.3) is 0 Å². The summed E-state index contributed by atoms with van der Waals surface area (Å²) in [4.78, 5) is 22.4. The van der Waals surface area contributed by atoms with Crippen LogP contribution in [0.2, 0.25) is 0 Å². The fourth-order valence-corrected chi connectivity index (χ4v) is 1.67. The van der Waals surface area contributed by atoms with Crippen molar-refractivity contribution >= 4 is 11.8 Å². The van der Waals surface area contributed by atoms with Crippen molar-refractivity contribution < 1.29 is 9.59 Å². The van der Waals surface area contributed by atoms with E-state index in [1.165, 1.54) is 0 Å². The van der Waals surface area contributed by atoms with Gasteiger partial charge in [-0.1, -0.05) is 0 Å². The summed E-state index contributed by atoms with van der Waals surface area (Å²) in [5.74, 6) is -1.07. The molecule has 15 heavy (non-hydrogen) atoms. The minimum Gasteiger partial charge on any atom is -0.366 e. The summed E-state index contributed by atoms with van der Waals surface area (Å²) >= 11 is 0. The number of primary amides is 2. The zero-order valence-corrected chi connectivity index (χ0v) is 9.05. The lowest BCUT2D eigenvalue weighted by Gasteiger charge is -2.12. The first-order valence-electron chi connectivity index (χ1n) is 4.56. The Balaban J connectivity index is 3.63. The molecule has 0 bridgehead atoms. The topological polar surface area (TPSA) is 86.2 Å². The van der Waals surface area contributed by atoms with Crippen molar-refractivity contribution in [2.24, 2.45) is 11.5 Å². The molecule has 2 amide bonds. The van der Waals surface area contributed by atoms with Crippen LogP contribution in [0.15, 0.2) is 6.07 Å². The predicted molar refractivity (Wildman–Crippen MR) is 57.7 cm³/mol. The predicted octanol–water partition coefficient (Wildman–Crippen LogP) is 0.810. The summed E-state index contributed by atoms with van der Waals surface area (Å²) < 4.78 is 0. The van der Waals surface area contributed by atoms with Crippen LogP contribution >= 0.6 is 0 Å². The van der Waals surface area contributed by atoms with Gasteiger partial charge in [-0.2, -0.15) is 0 Å². The number of aryl methyl sites for hydroxylation is 1. The normalized spacial score (nSPS) is 10.1. The summed E-state index contributed by atoms with van der Waals surface area (Å²) in [6, 6.07) is 1.68. The summed E-state index contributed by atoms with van der Waals surface area (Å²) in [5.41, 5.74) is 13.4. The van der Waals surface area contributed by atoms with Gasteiger partial charge in [-0.3, -0.25) is 9.59 Å². The van der Waals surface area contributed by atoms with Gasteiger partial charge in [0, 0.05) is 11.1 Å². The maximum Gasteiger partial charge on any atom is 0.249 e. The monoisotopic (exact) mass is 206 g/mol. The Morgan fingerprint density at radius 2 is 1.53 bits per heavy atom. The molecular weight excluding hydrogens is 192 g/mol.